The molecule has 0 spiro atoms. The molecule has 4 rings (SSSR count). The Bertz CT molecular complexity index is 1170. The number of hydrazone groups is 1. The van der Waals surface area contributed by atoms with Crippen LogP contribution in [-0.2, 0) is 14.3 Å². The van der Waals surface area contributed by atoms with Crippen LogP contribution in [0.25, 0.3) is 0 Å². The number of hydrogen-bond donors (Lipinski definition) is 1. The second kappa shape index (κ2) is 9.15. The number of thiazole rings is 1. The van der Waals surface area contributed by atoms with Crippen molar-refractivity contribution in [2.45, 2.75) is 26.3 Å². The van der Waals surface area contributed by atoms with Crippen molar-refractivity contribution in [1.29, 1.82) is 0 Å². The van der Waals surface area contributed by atoms with Crippen LogP contribution in [0, 0.1) is 6.92 Å². The summed E-state index contributed by atoms with van der Waals surface area (Å²) in [5.41, 5.74) is 2.79. The summed E-state index contributed by atoms with van der Waals surface area (Å²) >= 11 is 1.09. The molecule has 0 fully saturated rings. The molecular weight excluding hydrogens is 432 g/mol. The molecule has 2 amide bonds. The van der Waals surface area contributed by atoms with E-state index in [1.807, 2.05) is 31.2 Å². The van der Waals surface area contributed by atoms with Gasteiger partial charge in [-0.3, -0.25) is 9.59 Å². The number of carbonyl (C=O) groups excluding carboxylic acids is 3. The number of nitrogens with zero attached hydrogens (tertiary/aromatic N) is 3. The van der Waals surface area contributed by atoms with Gasteiger partial charge in [0.05, 0.1) is 12.0 Å². The summed E-state index contributed by atoms with van der Waals surface area (Å²) in [5, 5.41) is 10.0. The normalized spacial score (nSPS) is 15.4. The average Bonchev–Trinajstić information content (AvgIpc) is 3.51. The van der Waals surface area contributed by atoms with Crippen LogP contribution in [-0.4, -0.2) is 40.1 Å². The van der Waals surface area contributed by atoms with Gasteiger partial charge in [-0.15, -0.1) is 11.3 Å². The van der Waals surface area contributed by atoms with E-state index in [1.54, 1.807) is 12.1 Å². The Hall–Kier alpha value is -3.79. The topological polar surface area (TPSA) is 114 Å². The lowest BCUT2D eigenvalue weighted by molar-refractivity contribution is -0.136. The van der Waals surface area contributed by atoms with Gasteiger partial charge < -0.3 is 14.5 Å². The summed E-state index contributed by atoms with van der Waals surface area (Å²) in [6, 6.07) is 11.0. The minimum atomic E-state index is -0.761. The number of rotatable bonds is 6. The fourth-order valence-electron chi connectivity index (χ4n) is 3.21. The monoisotopic (exact) mass is 452 g/mol. The van der Waals surface area contributed by atoms with Crippen molar-refractivity contribution in [3.05, 3.63) is 70.6 Å². The number of anilines is 1. The van der Waals surface area contributed by atoms with E-state index in [-0.39, 0.29) is 16.7 Å². The first kappa shape index (κ1) is 21.4. The van der Waals surface area contributed by atoms with Crippen LogP contribution >= 0.6 is 11.3 Å². The predicted molar refractivity (Wildman–Crippen MR) is 117 cm³/mol. The maximum Gasteiger partial charge on any atom is 0.358 e. The van der Waals surface area contributed by atoms with Gasteiger partial charge >= 0.3 is 5.97 Å². The Morgan fingerprint density at radius 3 is 2.72 bits per heavy atom. The Balaban J connectivity index is 1.47. The predicted octanol–water partition coefficient (Wildman–Crippen LogP) is 3.54. The molecule has 9 nitrogen and oxygen atoms in total. The Morgan fingerprint density at radius 1 is 1.25 bits per heavy atom. The van der Waals surface area contributed by atoms with E-state index >= 15 is 0 Å². The van der Waals surface area contributed by atoms with E-state index in [9.17, 15) is 14.4 Å². The van der Waals surface area contributed by atoms with Crippen LogP contribution in [0.4, 0.5) is 5.13 Å². The van der Waals surface area contributed by atoms with Gasteiger partial charge in [0.25, 0.3) is 5.91 Å². The van der Waals surface area contributed by atoms with Gasteiger partial charge in [0, 0.05) is 18.7 Å². The Morgan fingerprint density at radius 2 is 2.03 bits per heavy atom. The lowest BCUT2D eigenvalue weighted by Crippen LogP contribution is -2.31. The zero-order chi connectivity index (χ0) is 22.7. The molecule has 0 saturated carbocycles. The smallest absolute Gasteiger partial charge is 0.358 e. The van der Waals surface area contributed by atoms with Crippen LogP contribution in [0.3, 0.4) is 0 Å². The van der Waals surface area contributed by atoms with Crippen molar-refractivity contribution in [3.63, 3.8) is 0 Å². The SMILES string of the molecule is CC(=O)Nc1nc(C(=O)OCC(=O)N2N=C(c3ccc(C)cc3)CC2c2ccco2)cs1. The molecule has 0 radical (unpaired) electrons. The largest absolute Gasteiger partial charge is 0.467 e. The van der Waals surface area contributed by atoms with E-state index in [1.165, 1.54) is 23.6 Å². The molecule has 32 heavy (non-hydrogen) atoms. The molecule has 1 aliphatic rings. The minimum Gasteiger partial charge on any atom is -0.467 e. The number of hydrogen-bond acceptors (Lipinski definition) is 8. The number of furan rings is 1. The summed E-state index contributed by atoms with van der Waals surface area (Å²) in [4.78, 5) is 40.3. The molecule has 1 unspecified atom stereocenters. The second-order valence-electron chi connectivity index (χ2n) is 7.18. The Labute approximate surface area is 187 Å². The van der Waals surface area contributed by atoms with Crippen LogP contribution in [0.1, 0.15) is 46.8 Å². The summed E-state index contributed by atoms with van der Waals surface area (Å²) in [5.74, 6) is -0.952. The van der Waals surface area contributed by atoms with Crippen LogP contribution in [0.2, 0.25) is 0 Å². The third-order valence-electron chi connectivity index (χ3n) is 4.75. The summed E-state index contributed by atoms with van der Waals surface area (Å²) in [7, 11) is 0. The van der Waals surface area contributed by atoms with Crippen molar-refractivity contribution in [2.75, 3.05) is 11.9 Å². The van der Waals surface area contributed by atoms with Crippen molar-refractivity contribution in [2.24, 2.45) is 5.10 Å². The summed E-state index contributed by atoms with van der Waals surface area (Å²) < 4.78 is 10.7. The lowest BCUT2D eigenvalue weighted by atomic mass is 10.0. The van der Waals surface area contributed by atoms with E-state index in [2.05, 4.69) is 15.4 Å². The molecule has 164 valence electrons. The molecule has 1 atom stereocenters. The highest BCUT2D eigenvalue weighted by Crippen LogP contribution is 2.33. The summed E-state index contributed by atoms with van der Waals surface area (Å²) in [6.45, 7) is 2.83. The fourth-order valence-corrected chi connectivity index (χ4v) is 3.93. The van der Waals surface area contributed by atoms with Crippen molar-refractivity contribution in [1.82, 2.24) is 9.99 Å². The first-order valence-electron chi connectivity index (χ1n) is 9.81. The average molecular weight is 452 g/mol. The van der Waals surface area contributed by atoms with Crippen molar-refractivity contribution in [3.8, 4) is 0 Å². The van der Waals surface area contributed by atoms with Gasteiger partial charge in [0.15, 0.2) is 17.4 Å². The van der Waals surface area contributed by atoms with E-state index in [0.29, 0.717) is 12.2 Å². The van der Waals surface area contributed by atoms with E-state index in [4.69, 9.17) is 9.15 Å². The number of ether oxygens (including phenoxy) is 1. The van der Waals surface area contributed by atoms with Crippen LogP contribution in [0.5, 0.6) is 0 Å². The third kappa shape index (κ3) is 4.75. The molecule has 1 aliphatic heterocycles. The first-order chi connectivity index (χ1) is 15.4. The van der Waals surface area contributed by atoms with Gasteiger partial charge in [0.1, 0.15) is 11.8 Å². The highest BCUT2D eigenvalue weighted by molar-refractivity contribution is 7.14. The zero-order valence-electron chi connectivity index (χ0n) is 17.4. The number of esters is 1. The lowest BCUT2D eigenvalue weighted by Gasteiger charge is -2.19. The number of nitrogens with one attached hydrogen (secondary N) is 1. The van der Waals surface area contributed by atoms with Gasteiger partial charge in [0.2, 0.25) is 5.91 Å². The number of amides is 2. The van der Waals surface area contributed by atoms with E-state index in [0.717, 1.165) is 28.2 Å². The second-order valence-corrected chi connectivity index (χ2v) is 8.04. The Kier molecular flexibility index (Phi) is 6.13. The van der Waals surface area contributed by atoms with Gasteiger partial charge in [-0.2, -0.15) is 5.10 Å². The van der Waals surface area contributed by atoms with Crippen LogP contribution in [0.15, 0.2) is 57.6 Å². The summed E-state index contributed by atoms with van der Waals surface area (Å²) in [6.07, 6.45) is 2.01. The van der Waals surface area contributed by atoms with Crippen molar-refractivity contribution >= 4 is 40.0 Å². The number of aromatic nitrogens is 1. The third-order valence-corrected chi connectivity index (χ3v) is 5.50. The number of aryl methyl sites for hydroxylation is 1. The molecular formula is C22H20N4O5S. The quantitative estimate of drug-likeness (QED) is 0.572. The maximum atomic E-state index is 12.9. The molecule has 3 aromatic rings. The molecule has 1 aromatic carbocycles. The van der Waals surface area contributed by atoms with Gasteiger partial charge in [-0.05, 0) is 24.6 Å². The van der Waals surface area contributed by atoms with Gasteiger partial charge in [-0.25, -0.2) is 14.8 Å². The van der Waals surface area contributed by atoms with Crippen LogP contribution < -0.4 is 5.32 Å². The number of carbonyl (C=O) groups is 3. The molecule has 0 aliphatic carbocycles. The molecule has 3 heterocycles. The minimum absolute atomic E-state index is 0.0133. The van der Waals surface area contributed by atoms with E-state index < -0.39 is 24.5 Å². The number of benzene rings is 1. The molecule has 1 N–H and O–H groups in total. The molecule has 0 saturated heterocycles. The van der Waals surface area contributed by atoms with Crippen molar-refractivity contribution < 1.29 is 23.5 Å². The zero-order valence-corrected chi connectivity index (χ0v) is 18.2. The maximum absolute atomic E-state index is 12.9. The molecule has 2 aromatic heterocycles. The highest BCUT2D eigenvalue weighted by atomic mass is 32.1. The first-order valence-corrected chi connectivity index (χ1v) is 10.7. The van der Waals surface area contributed by atoms with Gasteiger partial charge in [-0.1, -0.05) is 29.8 Å². The molecule has 10 heteroatoms. The fraction of sp³-hybridized carbons (Fsp3) is 0.227. The molecule has 0 bridgehead atoms. The standard InChI is InChI=1S/C22H20N4O5S/c1-13-5-7-15(8-6-13)16-10-18(19-4-3-9-30-19)26(25-16)20(28)11-31-21(29)17-12-32-22(24-17)23-14(2)27/h3-9,12,18H,10-11H2,1-2H3,(H,23,24,27). The highest BCUT2D eigenvalue weighted by Gasteiger charge is 2.35.